The number of hydrazine groups is 1. The molecule has 0 radical (unpaired) electrons. The van der Waals surface area contributed by atoms with Crippen molar-refractivity contribution < 1.29 is 9.59 Å². The summed E-state index contributed by atoms with van der Waals surface area (Å²) in [6.45, 7) is 1.76. The summed E-state index contributed by atoms with van der Waals surface area (Å²) in [6, 6.07) is 14.2. The van der Waals surface area contributed by atoms with E-state index in [1.54, 1.807) is 37.3 Å². The number of thioether (sulfide) groups is 1. The Labute approximate surface area is 152 Å². The van der Waals surface area contributed by atoms with Gasteiger partial charge in [-0.3, -0.25) is 20.4 Å². The number of carbonyl (C=O) groups is 2. The first kappa shape index (κ1) is 17.8. The Bertz CT molecular complexity index is 709. The van der Waals surface area contributed by atoms with Crippen molar-refractivity contribution in [1.29, 1.82) is 0 Å². The lowest BCUT2D eigenvalue weighted by atomic mass is 10.2. The van der Waals surface area contributed by atoms with Crippen LogP contribution in [0.1, 0.15) is 17.3 Å². The SMILES string of the molecule is CC(Sc1ccc(Cl)cc1)C(=O)NNC(=O)c1ccccc1Br. The van der Waals surface area contributed by atoms with Gasteiger partial charge in [-0.15, -0.1) is 11.8 Å². The summed E-state index contributed by atoms with van der Waals surface area (Å²) in [5, 5.41) is 0.280. The fraction of sp³-hybridized carbons (Fsp3) is 0.125. The van der Waals surface area contributed by atoms with Crippen molar-refractivity contribution in [2.24, 2.45) is 0 Å². The fourth-order valence-corrected chi connectivity index (χ4v) is 3.16. The summed E-state index contributed by atoms with van der Waals surface area (Å²) in [7, 11) is 0. The van der Waals surface area contributed by atoms with Crippen LogP contribution >= 0.6 is 39.3 Å². The van der Waals surface area contributed by atoms with Crippen LogP contribution in [-0.2, 0) is 4.79 Å². The van der Waals surface area contributed by atoms with Gasteiger partial charge in [0.2, 0.25) is 0 Å². The summed E-state index contributed by atoms with van der Waals surface area (Å²) in [4.78, 5) is 25.0. The van der Waals surface area contributed by atoms with Crippen molar-refractivity contribution in [2.75, 3.05) is 0 Å². The predicted molar refractivity (Wildman–Crippen MR) is 96.5 cm³/mol. The lowest BCUT2D eigenvalue weighted by molar-refractivity contribution is -0.121. The molecule has 1 atom stereocenters. The summed E-state index contributed by atoms with van der Waals surface area (Å²) in [5.74, 6) is -0.667. The van der Waals surface area contributed by atoms with Crippen molar-refractivity contribution in [1.82, 2.24) is 10.9 Å². The molecule has 0 aliphatic rings. The zero-order valence-corrected chi connectivity index (χ0v) is 15.3. The molecule has 2 rings (SSSR count). The van der Waals surface area contributed by atoms with Crippen LogP contribution < -0.4 is 10.9 Å². The van der Waals surface area contributed by atoms with Crippen LogP contribution in [0.4, 0.5) is 0 Å². The number of amides is 2. The highest BCUT2D eigenvalue weighted by Gasteiger charge is 2.16. The Balaban J connectivity index is 1.87. The monoisotopic (exact) mass is 412 g/mol. The largest absolute Gasteiger partial charge is 0.272 e. The highest BCUT2D eigenvalue weighted by atomic mass is 79.9. The number of rotatable bonds is 4. The topological polar surface area (TPSA) is 58.2 Å². The van der Waals surface area contributed by atoms with Crippen LogP contribution in [-0.4, -0.2) is 17.1 Å². The molecule has 2 N–H and O–H groups in total. The molecule has 0 spiro atoms. The van der Waals surface area contributed by atoms with E-state index in [9.17, 15) is 9.59 Å². The van der Waals surface area contributed by atoms with Gasteiger partial charge < -0.3 is 0 Å². The molecule has 0 aliphatic heterocycles. The second kappa shape index (κ2) is 8.38. The van der Waals surface area contributed by atoms with Crippen LogP contribution in [0.15, 0.2) is 57.9 Å². The number of hydrogen-bond acceptors (Lipinski definition) is 3. The quantitative estimate of drug-likeness (QED) is 0.587. The lowest BCUT2D eigenvalue weighted by Crippen LogP contribution is -2.45. The van der Waals surface area contributed by atoms with Crippen molar-refractivity contribution in [2.45, 2.75) is 17.1 Å². The van der Waals surface area contributed by atoms with E-state index in [-0.39, 0.29) is 17.1 Å². The van der Waals surface area contributed by atoms with Crippen molar-refractivity contribution in [3.05, 3.63) is 63.6 Å². The summed E-state index contributed by atoms with van der Waals surface area (Å²) < 4.78 is 0.662. The summed E-state index contributed by atoms with van der Waals surface area (Å²) >= 11 is 10.5. The smallest absolute Gasteiger partial charge is 0.270 e. The summed E-state index contributed by atoms with van der Waals surface area (Å²) in [6.07, 6.45) is 0. The van der Waals surface area contributed by atoms with Crippen LogP contribution in [0.2, 0.25) is 5.02 Å². The number of benzene rings is 2. The van der Waals surface area contributed by atoms with Gasteiger partial charge in [-0.05, 0) is 59.3 Å². The van der Waals surface area contributed by atoms with Crippen molar-refractivity contribution in [3.8, 4) is 0 Å². The number of carbonyl (C=O) groups excluding carboxylic acids is 2. The first-order valence-electron chi connectivity index (χ1n) is 6.74. The minimum absolute atomic E-state index is 0.287. The third kappa shape index (κ3) is 5.27. The standard InChI is InChI=1S/C16H14BrClN2O2S/c1-10(23-12-8-6-11(18)7-9-12)15(21)19-20-16(22)13-4-2-3-5-14(13)17/h2-10H,1H3,(H,19,21)(H,20,22). The highest BCUT2D eigenvalue weighted by molar-refractivity contribution is 9.10. The molecular weight excluding hydrogens is 400 g/mol. The maximum Gasteiger partial charge on any atom is 0.270 e. The number of nitrogens with one attached hydrogen (secondary N) is 2. The van der Waals surface area contributed by atoms with Gasteiger partial charge in [-0.2, -0.15) is 0 Å². The molecule has 0 bridgehead atoms. The molecule has 0 fully saturated rings. The first-order valence-corrected chi connectivity index (χ1v) is 8.79. The Hall–Kier alpha value is -1.50. The second-order valence-corrected chi connectivity index (χ2v) is 7.34. The van der Waals surface area contributed by atoms with Crippen LogP contribution in [0.25, 0.3) is 0 Å². The average molecular weight is 414 g/mol. The lowest BCUT2D eigenvalue weighted by Gasteiger charge is -2.13. The molecule has 2 amide bonds. The van der Waals surface area contributed by atoms with Gasteiger partial charge >= 0.3 is 0 Å². The molecule has 0 aliphatic carbocycles. The molecule has 0 aromatic heterocycles. The molecule has 0 saturated carbocycles. The Morgan fingerprint density at radius 3 is 2.39 bits per heavy atom. The van der Waals surface area contributed by atoms with Gasteiger partial charge in [0, 0.05) is 14.4 Å². The van der Waals surface area contributed by atoms with Gasteiger partial charge in [0.1, 0.15) is 0 Å². The van der Waals surface area contributed by atoms with E-state index in [1.165, 1.54) is 11.8 Å². The van der Waals surface area contributed by atoms with Gasteiger partial charge in [0.05, 0.1) is 10.8 Å². The van der Waals surface area contributed by atoms with Crippen LogP contribution in [0.5, 0.6) is 0 Å². The van der Waals surface area contributed by atoms with Gasteiger partial charge in [-0.25, -0.2) is 0 Å². The molecule has 120 valence electrons. The zero-order chi connectivity index (χ0) is 16.8. The van der Waals surface area contributed by atoms with Gasteiger partial charge in [0.15, 0.2) is 0 Å². The molecule has 4 nitrogen and oxygen atoms in total. The molecule has 7 heteroatoms. The third-order valence-electron chi connectivity index (χ3n) is 2.91. The van der Waals surface area contributed by atoms with E-state index in [1.807, 2.05) is 18.2 Å². The molecule has 0 saturated heterocycles. The number of hydrogen-bond donors (Lipinski definition) is 2. The van der Waals surface area contributed by atoms with E-state index in [0.29, 0.717) is 15.1 Å². The van der Waals surface area contributed by atoms with E-state index in [4.69, 9.17) is 11.6 Å². The minimum atomic E-state index is -0.380. The highest BCUT2D eigenvalue weighted by Crippen LogP contribution is 2.24. The second-order valence-electron chi connectivity index (χ2n) is 4.64. The molecule has 1 unspecified atom stereocenters. The molecule has 2 aromatic rings. The molecule has 2 aromatic carbocycles. The average Bonchev–Trinajstić information content (AvgIpc) is 2.54. The summed E-state index contributed by atoms with van der Waals surface area (Å²) in [5.41, 5.74) is 5.30. The van der Waals surface area contributed by atoms with Crippen LogP contribution in [0.3, 0.4) is 0 Å². The zero-order valence-electron chi connectivity index (χ0n) is 12.2. The number of halogens is 2. The first-order chi connectivity index (χ1) is 11.0. The maximum absolute atomic E-state index is 12.1. The van der Waals surface area contributed by atoms with Crippen LogP contribution in [0, 0.1) is 0 Å². The Morgan fingerprint density at radius 2 is 1.74 bits per heavy atom. The predicted octanol–water partition coefficient (Wildman–Crippen LogP) is 4.04. The molecule has 0 heterocycles. The molecular formula is C16H14BrClN2O2S. The van der Waals surface area contributed by atoms with Crippen molar-refractivity contribution in [3.63, 3.8) is 0 Å². The van der Waals surface area contributed by atoms with E-state index in [0.717, 1.165) is 4.90 Å². The Morgan fingerprint density at radius 1 is 1.09 bits per heavy atom. The minimum Gasteiger partial charge on any atom is -0.272 e. The third-order valence-corrected chi connectivity index (χ3v) is 4.97. The maximum atomic E-state index is 12.1. The van der Waals surface area contributed by atoms with E-state index in [2.05, 4.69) is 26.8 Å². The normalized spacial score (nSPS) is 11.6. The van der Waals surface area contributed by atoms with Crippen molar-refractivity contribution >= 4 is 51.1 Å². The fourth-order valence-electron chi connectivity index (χ4n) is 1.70. The van der Waals surface area contributed by atoms with Gasteiger partial charge in [0.25, 0.3) is 11.8 Å². The Kier molecular flexibility index (Phi) is 6.50. The molecule has 23 heavy (non-hydrogen) atoms. The van der Waals surface area contributed by atoms with E-state index < -0.39 is 0 Å². The van der Waals surface area contributed by atoms with E-state index >= 15 is 0 Å². The van der Waals surface area contributed by atoms with Gasteiger partial charge in [-0.1, -0.05) is 23.7 Å².